The van der Waals surface area contributed by atoms with Crippen molar-refractivity contribution in [3.8, 4) is 5.75 Å². The van der Waals surface area contributed by atoms with Crippen LogP contribution in [-0.4, -0.2) is 27.9 Å². The Labute approximate surface area is 180 Å². The summed E-state index contributed by atoms with van der Waals surface area (Å²) in [5.41, 5.74) is 1.28. The average Bonchev–Trinajstić information content (AvgIpc) is 2.97. The number of anilines is 2. The van der Waals surface area contributed by atoms with Gasteiger partial charge in [-0.15, -0.1) is 10.2 Å². The number of carbonyl (C=O) groups is 1. The first kappa shape index (κ1) is 20.2. The molecule has 0 radical (unpaired) electrons. The van der Waals surface area contributed by atoms with Gasteiger partial charge in [0.1, 0.15) is 11.6 Å². The summed E-state index contributed by atoms with van der Waals surface area (Å²) in [5, 5.41) is 12.2. The van der Waals surface area contributed by atoms with E-state index < -0.39 is 0 Å². The molecule has 156 valence electrons. The van der Waals surface area contributed by atoms with Gasteiger partial charge in [-0.3, -0.25) is 4.90 Å². The number of rotatable bonds is 5. The molecule has 3 aromatic rings. The van der Waals surface area contributed by atoms with E-state index in [2.05, 4.69) is 20.1 Å². The molecule has 0 saturated carbocycles. The highest BCUT2D eigenvalue weighted by atomic mass is 35.5. The van der Waals surface area contributed by atoms with Crippen molar-refractivity contribution in [2.24, 2.45) is 0 Å². The first-order chi connectivity index (χ1) is 14.7. The minimum atomic E-state index is -0.298. The Morgan fingerprint density at radius 1 is 1.17 bits per heavy atom. The van der Waals surface area contributed by atoms with Crippen LogP contribution < -0.4 is 15.0 Å². The number of urea groups is 1. The number of aromatic nitrogens is 3. The van der Waals surface area contributed by atoms with Crippen molar-refractivity contribution in [3.63, 3.8) is 0 Å². The van der Waals surface area contributed by atoms with E-state index in [0.717, 1.165) is 37.5 Å². The van der Waals surface area contributed by atoms with E-state index in [4.69, 9.17) is 16.3 Å². The highest BCUT2D eigenvalue weighted by Gasteiger charge is 2.23. The van der Waals surface area contributed by atoms with Gasteiger partial charge in [0.2, 0.25) is 0 Å². The van der Waals surface area contributed by atoms with Crippen molar-refractivity contribution >= 4 is 29.0 Å². The zero-order chi connectivity index (χ0) is 20.9. The van der Waals surface area contributed by atoms with Crippen LogP contribution in [0, 0.1) is 0 Å². The molecule has 0 fully saturated rings. The summed E-state index contributed by atoms with van der Waals surface area (Å²) in [6, 6.07) is 14.2. The molecule has 0 aliphatic carbocycles. The number of para-hydroxylation sites is 2. The number of aryl methyl sites for hydroxylation is 1. The molecule has 8 heteroatoms. The van der Waals surface area contributed by atoms with Gasteiger partial charge in [0.05, 0.1) is 19.3 Å². The van der Waals surface area contributed by atoms with Gasteiger partial charge in [-0.1, -0.05) is 36.2 Å². The molecule has 2 aromatic carbocycles. The van der Waals surface area contributed by atoms with Crippen molar-refractivity contribution in [2.45, 2.75) is 38.8 Å². The molecule has 4 rings (SSSR count). The number of ether oxygens (including phenoxy) is 1. The number of hydrogen-bond acceptors (Lipinski definition) is 4. The molecule has 1 aromatic heterocycles. The number of hydrogen-bond donors (Lipinski definition) is 1. The summed E-state index contributed by atoms with van der Waals surface area (Å²) >= 11 is 6.21. The molecule has 1 aliphatic heterocycles. The number of methoxy groups -OCH3 is 1. The third-order valence-electron chi connectivity index (χ3n) is 5.20. The van der Waals surface area contributed by atoms with E-state index in [1.54, 1.807) is 36.3 Å². The van der Waals surface area contributed by atoms with Crippen LogP contribution in [0.2, 0.25) is 5.02 Å². The van der Waals surface area contributed by atoms with Crippen molar-refractivity contribution < 1.29 is 9.53 Å². The Hall–Kier alpha value is -3.06. The van der Waals surface area contributed by atoms with Crippen LogP contribution in [0.4, 0.5) is 16.2 Å². The fourth-order valence-corrected chi connectivity index (χ4v) is 3.84. The lowest BCUT2D eigenvalue weighted by Crippen LogP contribution is -2.35. The maximum absolute atomic E-state index is 13.3. The summed E-state index contributed by atoms with van der Waals surface area (Å²) in [6.45, 7) is 1.16. The Morgan fingerprint density at radius 2 is 2.03 bits per heavy atom. The van der Waals surface area contributed by atoms with Crippen LogP contribution in [0.3, 0.4) is 0 Å². The molecular formula is C22H24ClN5O2. The lowest BCUT2D eigenvalue weighted by molar-refractivity contribution is 0.256. The van der Waals surface area contributed by atoms with Crippen LogP contribution >= 0.6 is 11.6 Å². The van der Waals surface area contributed by atoms with E-state index in [1.165, 1.54) is 6.42 Å². The zero-order valence-electron chi connectivity index (χ0n) is 16.8. The normalized spacial score (nSPS) is 13.3. The summed E-state index contributed by atoms with van der Waals surface area (Å²) in [4.78, 5) is 14.9. The molecule has 30 heavy (non-hydrogen) atoms. The summed E-state index contributed by atoms with van der Waals surface area (Å²) in [6.07, 6.45) is 4.29. The third kappa shape index (κ3) is 4.41. The second-order valence-electron chi connectivity index (χ2n) is 7.19. The van der Waals surface area contributed by atoms with E-state index >= 15 is 0 Å². The molecule has 1 N–H and O–H groups in total. The predicted octanol–water partition coefficient (Wildman–Crippen LogP) is 4.91. The van der Waals surface area contributed by atoms with Gasteiger partial charge in [-0.25, -0.2) is 4.79 Å². The number of amides is 2. The maximum Gasteiger partial charge on any atom is 0.326 e. The fourth-order valence-electron chi connectivity index (χ4n) is 3.66. The van der Waals surface area contributed by atoms with E-state index in [1.807, 2.05) is 24.3 Å². The summed E-state index contributed by atoms with van der Waals surface area (Å²) in [7, 11) is 1.57. The SMILES string of the molecule is COc1ccccc1NC(=O)N(Cc1nnc2n1CCCCC2)c1cccc(Cl)c1. The second kappa shape index (κ2) is 9.17. The number of nitrogens with zero attached hydrogens (tertiary/aromatic N) is 4. The quantitative estimate of drug-likeness (QED) is 0.630. The second-order valence-corrected chi connectivity index (χ2v) is 7.63. The van der Waals surface area contributed by atoms with Gasteiger partial charge in [-0.2, -0.15) is 0 Å². The molecule has 2 heterocycles. The zero-order valence-corrected chi connectivity index (χ0v) is 17.6. The van der Waals surface area contributed by atoms with Crippen molar-refractivity contribution in [1.29, 1.82) is 0 Å². The molecule has 0 spiro atoms. The lowest BCUT2D eigenvalue weighted by atomic mass is 10.2. The van der Waals surface area contributed by atoms with Crippen molar-refractivity contribution in [2.75, 3.05) is 17.3 Å². The smallest absolute Gasteiger partial charge is 0.326 e. The van der Waals surface area contributed by atoms with Crippen LogP contribution in [0.5, 0.6) is 5.75 Å². The third-order valence-corrected chi connectivity index (χ3v) is 5.43. The summed E-state index contributed by atoms with van der Waals surface area (Å²) < 4.78 is 7.50. The Kier molecular flexibility index (Phi) is 6.18. The van der Waals surface area contributed by atoms with Crippen LogP contribution in [0.25, 0.3) is 0 Å². The van der Waals surface area contributed by atoms with E-state index in [9.17, 15) is 4.79 Å². The van der Waals surface area contributed by atoms with Gasteiger partial charge in [-0.05, 0) is 43.2 Å². The van der Waals surface area contributed by atoms with Gasteiger partial charge >= 0.3 is 6.03 Å². The van der Waals surface area contributed by atoms with Gasteiger partial charge in [0.25, 0.3) is 0 Å². The van der Waals surface area contributed by atoms with Crippen molar-refractivity contribution in [3.05, 3.63) is 65.2 Å². The Morgan fingerprint density at radius 3 is 2.87 bits per heavy atom. The number of carbonyl (C=O) groups excluding carboxylic acids is 1. The van der Waals surface area contributed by atoms with Gasteiger partial charge in [0.15, 0.2) is 5.82 Å². The Bertz CT molecular complexity index is 1040. The van der Waals surface area contributed by atoms with Crippen LogP contribution in [0.1, 0.15) is 30.9 Å². The maximum atomic E-state index is 13.3. The Balaban J connectivity index is 1.65. The molecule has 0 atom stereocenters. The van der Waals surface area contributed by atoms with E-state index in [-0.39, 0.29) is 12.6 Å². The predicted molar refractivity (Wildman–Crippen MR) is 117 cm³/mol. The number of nitrogens with one attached hydrogen (secondary N) is 1. The monoisotopic (exact) mass is 425 g/mol. The molecule has 2 amide bonds. The molecule has 0 unspecified atom stereocenters. The van der Waals surface area contributed by atoms with Crippen molar-refractivity contribution in [1.82, 2.24) is 14.8 Å². The molecular weight excluding hydrogens is 402 g/mol. The molecule has 0 saturated heterocycles. The molecule has 1 aliphatic rings. The number of fused-ring (bicyclic) bond motifs is 1. The highest BCUT2D eigenvalue weighted by Crippen LogP contribution is 2.27. The first-order valence-corrected chi connectivity index (χ1v) is 10.4. The minimum absolute atomic E-state index is 0.286. The van der Waals surface area contributed by atoms with Gasteiger partial charge < -0.3 is 14.6 Å². The standard InChI is InChI=1S/C22H24ClN5O2/c1-30-19-11-5-4-10-18(19)24-22(29)28(17-9-7-8-16(23)14-17)15-21-26-25-20-12-3-2-6-13-27(20)21/h4-5,7-11,14H,2-3,6,12-13,15H2,1H3,(H,24,29). The fraction of sp³-hybridized carbons (Fsp3) is 0.318. The first-order valence-electron chi connectivity index (χ1n) is 10.0. The van der Waals surface area contributed by atoms with E-state index in [0.29, 0.717) is 22.1 Å². The molecule has 0 bridgehead atoms. The largest absolute Gasteiger partial charge is 0.495 e. The van der Waals surface area contributed by atoms with Crippen LogP contribution in [0.15, 0.2) is 48.5 Å². The number of benzene rings is 2. The minimum Gasteiger partial charge on any atom is -0.495 e. The number of halogens is 1. The highest BCUT2D eigenvalue weighted by molar-refractivity contribution is 6.31. The molecule has 7 nitrogen and oxygen atoms in total. The van der Waals surface area contributed by atoms with Crippen LogP contribution in [-0.2, 0) is 19.5 Å². The topological polar surface area (TPSA) is 72.3 Å². The van der Waals surface area contributed by atoms with Gasteiger partial charge in [0, 0.05) is 23.7 Å². The summed E-state index contributed by atoms with van der Waals surface area (Å²) in [5.74, 6) is 2.34. The lowest BCUT2D eigenvalue weighted by Gasteiger charge is -2.24. The average molecular weight is 426 g/mol.